The first-order valence-electron chi connectivity index (χ1n) is 11.1. The summed E-state index contributed by atoms with van der Waals surface area (Å²) >= 11 is 1.14. The maximum absolute atomic E-state index is 13.2. The van der Waals surface area contributed by atoms with E-state index in [1.807, 2.05) is 0 Å². The molecular formula is C23H23F3N4O5S2. The highest BCUT2D eigenvalue weighted by Gasteiger charge is 2.34. The number of nitrogens with two attached hydrogens (primary N) is 1. The molecule has 1 aromatic carbocycles. The predicted molar refractivity (Wildman–Crippen MR) is 129 cm³/mol. The number of aromatic nitrogens is 2. The Bertz CT molecular complexity index is 1360. The number of halogens is 3. The van der Waals surface area contributed by atoms with Crippen molar-refractivity contribution in [3.63, 3.8) is 0 Å². The minimum atomic E-state index is -4.54. The SMILES string of the molecule is NS(=O)(=O)OC[C@@H]1CC[C@H](Nc2ncncc2C(=O)c2cc(COc3ccccc3C(F)(F)F)cs2)C1. The van der Waals surface area contributed by atoms with E-state index in [1.165, 1.54) is 30.7 Å². The van der Waals surface area contributed by atoms with E-state index in [9.17, 15) is 26.4 Å². The first-order valence-corrected chi connectivity index (χ1v) is 13.5. The summed E-state index contributed by atoms with van der Waals surface area (Å²) < 4.78 is 71.7. The molecule has 2 atom stereocenters. The van der Waals surface area contributed by atoms with Crippen molar-refractivity contribution >= 4 is 33.2 Å². The second-order valence-electron chi connectivity index (χ2n) is 8.51. The highest BCUT2D eigenvalue weighted by atomic mass is 32.2. The van der Waals surface area contributed by atoms with E-state index in [4.69, 9.17) is 9.88 Å². The van der Waals surface area contributed by atoms with Gasteiger partial charge in [-0.25, -0.2) is 15.1 Å². The Hall–Kier alpha value is -3.07. The summed E-state index contributed by atoms with van der Waals surface area (Å²) in [6.45, 7) is -0.155. The lowest BCUT2D eigenvalue weighted by atomic mass is 10.1. The fourth-order valence-corrected chi connectivity index (χ4v) is 5.28. The molecule has 0 spiro atoms. The van der Waals surface area contributed by atoms with Crippen LogP contribution in [-0.2, 0) is 27.3 Å². The lowest BCUT2D eigenvalue weighted by Crippen LogP contribution is -2.22. The molecule has 0 aliphatic heterocycles. The van der Waals surface area contributed by atoms with E-state index in [2.05, 4.69) is 19.5 Å². The number of anilines is 1. The number of hydrogen-bond donors (Lipinski definition) is 2. The predicted octanol–water partition coefficient (Wildman–Crippen LogP) is 4.17. The van der Waals surface area contributed by atoms with E-state index in [0.29, 0.717) is 29.1 Å². The van der Waals surface area contributed by atoms with Gasteiger partial charge in [0.25, 0.3) is 0 Å². The number of carbonyl (C=O) groups is 1. The van der Waals surface area contributed by atoms with E-state index in [1.54, 1.807) is 11.4 Å². The van der Waals surface area contributed by atoms with Crippen LogP contribution in [0.1, 0.15) is 45.6 Å². The van der Waals surface area contributed by atoms with Gasteiger partial charge in [-0.15, -0.1) is 11.3 Å². The summed E-state index contributed by atoms with van der Waals surface area (Å²) in [4.78, 5) is 21.7. The van der Waals surface area contributed by atoms with Gasteiger partial charge in [-0.2, -0.15) is 21.6 Å². The summed E-state index contributed by atoms with van der Waals surface area (Å²) in [5.74, 6) is -0.314. The molecule has 2 aromatic heterocycles. The van der Waals surface area contributed by atoms with Gasteiger partial charge in [0.1, 0.15) is 24.5 Å². The van der Waals surface area contributed by atoms with Crippen LogP contribution in [0.2, 0.25) is 0 Å². The molecule has 9 nitrogen and oxygen atoms in total. The standard InChI is InChI=1S/C23H23F3N4O5S2/c24-23(25,26)18-3-1-2-4-19(18)34-10-15-8-20(36-12-15)21(31)17-9-28-13-29-22(17)30-16-6-5-14(7-16)11-35-37(27,32)33/h1-4,8-9,12-14,16H,5-7,10-11H2,(H2,27,32,33)(H,28,29,30)/t14-,16+/m1/s1. The molecular weight excluding hydrogens is 533 g/mol. The minimum Gasteiger partial charge on any atom is -0.488 e. The van der Waals surface area contributed by atoms with Crippen molar-refractivity contribution in [1.29, 1.82) is 0 Å². The van der Waals surface area contributed by atoms with Crippen LogP contribution in [0.25, 0.3) is 0 Å². The number of rotatable bonds is 10. The smallest absolute Gasteiger partial charge is 0.419 e. The van der Waals surface area contributed by atoms with Crippen LogP contribution in [0.5, 0.6) is 5.75 Å². The third kappa shape index (κ3) is 7.25. The van der Waals surface area contributed by atoms with Gasteiger partial charge in [0.05, 0.1) is 22.6 Å². The molecule has 1 aliphatic rings. The zero-order valence-corrected chi connectivity index (χ0v) is 20.9. The Morgan fingerprint density at radius 1 is 1.24 bits per heavy atom. The maximum atomic E-state index is 13.2. The quantitative estimate of drug-likeness (QED) is 0.356. The van der Waals surface area contributed by atoms with Gasteiger partial charge in [-0.05, 0) is 48.8 Å². The number of nitrogens with one attached hydrogen (secondary N) is 1. The van der Waals surface area contributed by atoms with E-state index >= 15 is 0 Å². The number of hydrogen-bond acceptors (Lipinski definition) is 9. The molecule has 3 N–H and O–H groups in total. The fourth-order valence-electron chi connectivity index (χ4n) is 4.04. The number of nitrogens with zero attached hydrogens (tertiary/aromatic N) is 2. The monoisotopic (exact) mass is 556 g/mol. The molecule has 0 saturated heterocycles. The molecule has 0 amide bonds. The molecule has 0 radical (unpaired) electrons. The van der Waals surface area contributed by atoms with Crippen molar-refractivity contribution in [1.82, 2.24) is 9.97 Å². The zero-order chi connectivity index (χ0) is 26.6. The summed E-state index contributed by atoms with van der Waals surface area (Å²) in [6, 6.07) is 6.44. The van der Waals surface area contributed by atoms with Crippen molar-refractivity contribution in [2.75, 3.05) is 11.9 Å². The van der Waals surface area contributed by atoms with Gasteiger partial charge in [-0.3, -0.25) is 8.98 Å². The number of alkyl halides is 3. The number of para-hydroxylation sites is 1. The maximum Gasteiger partial charge on any atom is 0.419 e. The number of ether oxygens (including phenoxy) is 1. The van der Waals surface area contributed by atoms with E-state index < -0.39 is 22.0 Å². The Labute approximate surface area is 215 Å². The highest BCUT2D eigenvalue weighted by molar-refractivity contribution is 7.84. The number of benzene rings is 1. The second kappa shape index (κ2) is 11.1. The van der Waals surface area contributed by atoms with Gasteiger partial charge >= 0.3 is 16.5 Å². The topological polar surface area (TPSA) is 134 Å². The first-order chi connectivity index (χ1) is 17.5. The molecule has 37 heavy (non-hydrogen) atoms. The highest BCUT2D eigenvalue weighted by Crippen LogP contribution is 2.36. The van der Waals surface area contributed by atoms with Gasteiger partial charge < -0.3 is 10.1 Å². The molecule has 4 rings (SSSR count). The van der Waals surface area contributed by atoms with Crippen LogP contribution in [0.4, 0.5) is 19.0 Å². The lowest BCUT2D eigenvalue weighted by molar-refractivity contribution is -0.139. The van der Waals surface area contributed by atoms with Gasteiger partial charge in [0, 0.05) is 17.8 Å². The molecule has 1 saturated carbocycles. The van der Waals surface area contributed by atoms with Crippen molar-refractivity contribution in [3.05, 3.63) is 69.8 Å². The summed E-state index contributed by atoms with van der Waals surface area (Å²) in [7, 11) is -4.01. The average Bonchev–Trinajstić information content (AvgIpc) is 3.50. The van der Waals surface area contributed by atoms with E-state index in [-0.39, 0.29) is 42.3 Å². The Kier molecular flexibility index (Phi) is 8.11. The van der Waals surface area contributed by atoms with Crippen LogP contribution < -0.4 is 15.2 Å². The van der Waals surface area contributed by atoms with Crippen molar-refractivity contribution < 1.29 is 35.3 Å². The van der Waals surface area contributed by atoms with Crippen molar-refractivity contribution in [2.24, 2.45) is 11.1 Å². The van der Waals surface area contributed by atoms with Crippen molar-refractivity contribution in [2.45, 2.75) is 38.1 Å². The van der Waals surface area contributed by atoms with Gasteiger partial charge in [-0.1, -0.05) is 12.1 Å². The molecule has 1 aliphatic carbocycles. The van der Waals surface area contributed by atoms with Crippen LogP contribution in [0.15, 0.2) is 48.2 Å². The molecule has 1 fully saturated rings. The molecule has 3 aromatic rings. The van der Waals surface area contributed by atoms with Crippen LogP contribution in [0, 0.1) is 5.92 Å². The van der Waals surface area contributed by atoms with Crippen LogP contribution in [0.3, 0.4) is 0 Å². The zero-order valence-electron chi connectivity index (χ0n) is 19.3. The number of ketones is 1. The fraction of sp³-hybridized carbons (Fsp3) is 0.348. The molecule has 0 bridgehead atoms. The summed E-state index contributed by atoms with van der Waals surface area (Å²) in [5, 5.41) is 9.75. The Morgan fingerprint density at radius 3 is 2.78 bits per heavy atom. The van der Waals surface area contributed by atoms with Crippen LogP contribution in [-0.4, -0.2) is 36.8 Å². The molecule has 198 valence electrons. The van der Waals surface area contributed by atoms with Gasteiger partial charge in [0.15, 0.2) is 0 Å². The molecule has 2 heterocycles. The summed E-state index contributed by atoms with van der Waals surface area (Å²) in [5.41, 5.74) is -0.0855. The van der Waals surface area contributed by atoms with Crippen molar-refractivity contribution in [3.8, 4) is 5.75 Å². The normalized spacial score (nSPS) is 18.1. The summed E-state index contributed by atoms with van der Waals surface area (Å²) in [6.07, 6.45) is 0.194. The second-order valence-corrected chi connectivity index (χ2v) is 10.6. The average molecular weight is 557 g/mol. The van der Waals surface area contributed by atoms with E-state index in [0.717, 1.165) is 23.8 Å². The van der Waals surface area contributed by atoms with Crippen LogP contribution >= 0.6 is 11.3 Å². The van der Waals surface area contributed by atoms with Gasteiger partial charge in [0.2, 0.25) is 5.78 Å². The first kappa shape index (κ1) is 27.0. The lowest BCUT2D eigenvalue weighted by Gasteiger charge is -2.15. The molecule has 0 unspecified atom stereocenters. The Morgan fingerprint density at radius 2 is 2.03 bits per heavy atom. The minimum absolute atomic E-state index is 0.0138. The largest absolute Gasteiger partial charge is 0.488 e. The molecule has 14 heteroatoms. The Balaban J connectivity index is 1.40. The number of carbonyl (C=O) groups excluding carboxylic acids is 1. The third-order valence-corrected chi connectivity index (χ3v) is 7.21. The third-order valence-electron chi connectivity index (χ3n) is 5.77. The number of thiophene rings is 1.